The molecular formula is C20H25NO4. The Kier molecular flexibility index (Phi) is 6.83. The van der Waals surface area contributed by atoms with Crippen molar-refractivity contribution in [2.75, 3.05) is 20.8 Å². The molecule has 0 fully saturated rings. The minimum Gasteiger partial charge on any atom is -0.493 e. The van der Waals surface area contributed by atoms with Gasteiger partial charge in [-0.25, -0.2) is 0 Å². The molecule has 5 nitrogen and oxygen atoms in total. The van der Waals surface area contributed by atoms with Gasteiger partial charge < -0.3 is 19.9 Å². The van der Waals surface area contributed by atoms with E-state index in [9.17, 15) is 9.90 Å². The predicted octanol–water partition coefficient (Wildman–Crippen LogP) is 3.12. The van der Waals surface area contributed by atoms with Crippen LogP contribution in [0.1, 0.15) is 40.9 Å². The quantitative estimate of drug-likeness (QED) is 0.773. The Balaban J connectivity index is 1.96. The number of aliphatic hydroxyl groups excluding tert-OH is 1. The highest BCUT2D eigenvalue weighted by Gasteiger charge is 2.13. The van der Waals surface area contributed by atoms with Gasteiger partial charge in [-0.05, 0) is 41.8 Å². The first-order valence-electron chi connectivity index (χ1n) is 8.36. The first-order chi connectivity index (χ1) is 12.1. The minimum atomic E-state index is -0.830. The molecule has 2 aromatic carbocycles. The smallest absolute Gasteiger partial charge is 0.251 e. The lowest BCUT2D eigenvalue weighted by Crippen LogP contribution is -2.28. The van der Waals surface area contributed by atoms with Gasteiger partial charge in [-0.15, -0.1) is 0 Å². The van der Waals surface area contributed by atoms with Crippen LogP contribution in [0.5, 0.6) is 11.5 Å². The third-order valence-corrected chi connectivity index (χ3v) is 4.00. The molecule has 25 heavy (non-hydrogen) atoms. The molecule has 1 atom stereocenters. The Morgan fingerprint density at radius 2 is 1.76 bits per heavy atom. The van der Waals surface area contributed by atoms with Gasteiger partial charge in [-0.1, -0.05) is 31.5 Å². The number of hydrogen-bond acceptors (Lipinski definition) is 4. The highest BCUT2D eigenvalue weighted by atomic mass is 16.5. The average molecular weight is 343 g/mol. The Hall–Kier alpha value is -2.53. The lowest BCUT2D eigenvalue weighted by Gasteiger charge is -2.15. The van der Waals surface area contributed by atoms with Crippen LogP contribution in [0.15, 0.2) is 42.5 Å². The van der Waals surface area contributed by atoms with E-state index in [4.69, 9.17) is 9.47 Å². The fourth-order valence-electron chi connectivity index (χ4n) is 2.58. The van der Waals surface area contributed by atoms with Crippen LogP contribution < -0.4 is 14.8 Å². The van der Waals surface area contributed by atoms with E-state index >= 15 is 0 Å². The van der Waals surface area contributed by atoms with Crippen molar-refractivity contribution in [3.8, 4) is 11.5 Å². The molecule has 0 aromatic heterocycles. The van der Waals surface area contributed by atoms with Gasteiger partial charge in [0.2, 0.25) is 0 Å². The second-order valence-corrected chi connectivity index (χ2v) is 5.79. The van der Waals surface area contributed by atoms with Crippen LogP contribution in [0.4, 0.5) is 0 Å². The van der Waals surface area contributed by atoms with Crippen LogP contribution in [0, 0.1) is 0 Å². The standard InChI is InChI=1S/C20H25NO4/c1-4-5-14-6-8-15(9-7-14)20(23)21-13-17(22)16-10-11-18(24-2)19(12-16)25-3/h6-12,17,22H,4-5,13H2,1-3H3,(H,21,23). The minimum absolute atomic E-state index is 0.116. The van der Waals surface area contributed by atoms with E-state index in [1.807, 2.05) is 24.3 Å². The molecule has 0 saturated carbocycles. The molecule has 0 aliphatic carbocycles. The summed E-state index contributed by atoms with van der Waals surface area (Å²) < 4.78 is 10.4. The lowest BCUT2D eigenvalue weighted by atomic mass is 10.1. The molecule has 1 unspecified atom stereocenters. The van der Waals surface area contributed by atoms with E-state index in [2.05, 4.69) is 12.2 Å². The number of methoxy groups -OCH3 is 2. The van der Waals surface area contributed by atoms with Crippen LogP contribution in [0.2, 0.25) is 0 Å². The molecule has 5 heteroatoms. The zero-order valence-corrected chi connectivity index (χ0v) is 14.9. The summed E-state index contributed by atoms with van der Waals surface area (Å²) in [7, 11) is 3.10. The SMILES string of the molecule is CCCc1ccc(C(=O)NCC(O)c2ccc(OC)c(OC)c2)cc1. The Labute approximate surface area is 148 Å². The van der Waals surface area contributed by atoms with Crippen molar-refractivity contribution >= 4 is 5.91 Å². The maximum absolute atomic E-state index is 12.2. The molecule has 2 aromatic rings. The van der Waals surface area contributed by atoms with Crippen LogP contribution in [-0.2, 0) is 6.42 Å². The molecule has 0 aliphatic heterocycles. The number of hydrogen-bond donors (Lipinski definition) is 2. The van der Waals surface area contributed by atoms with Crippen LogP contribution in [0.3, 0.4) is 0 Å². The number of carbonyl (C=O) groups excluding carboxylic acids is 1. The van der Waals surface area contributed by atoms with E-state index in [1.54, 1.807) is 25.3 Å². The molecule has 0 aliphatic rings. The summed E-state index contributed by atoms with van der Waals surface area (Å²) in [5.41, 5.74) is 2.44. The monoisotopic (exact) mass is 343 g/mol. The van der Waals surface area contributed by atoms with E-state index in [1.165, 1.54) is 12.7 Å². The Bertz CT molecular complexity index is 697. The lowest BCUT2D eigenvalue weighted by molar-refractivity contribution is 0.0916. The van der Waals surface area contributed by atoms with Gasteiger partial charge in [0.25, 0.3) is 5.91 Å². The Morgan fingerprint density at radius 1 is 1.08 bits per heavy atom. The summed E-state index contributed by atoms with van der Waals surface area (Å²) >= 11 is 0. The topological polar surface area (TPSA) is 67.8 Å². The summed E-state index contributed by atoms with van der Waals surface area (Å²) in [5, 5.41) is 13.1. The second-order valence-electron chi connectivity index (χ2n) is 5.79. The summed E-state index contributed by atoms with van der Waals surface area (Å²) in [5.74, 6) is 0.925. The number of aryl methyl sites for hydroxylation is 1. The van der Waals surface area contributed by atoms with Crippen molar-refractivity contribution in [3.05, 3.63) is 59.2 Å². The van der Waals surface area contributed by atoms with E-state index in [0.29, 0.717) is 22.6 Å². The first kappa shape index (κ1) is 18.8. The molecule has 0 heterocycles. The van der Waals surface area contributed by atoms with E-state index in [-0.39, 0.29) is 12.5 Å². The van der Waals surface area contributed by atoms with Gasteiger partial charge in [0.05, 0.1) is 20.3 Å². The summed E-state index contributed by atoms with van der Waals surface area (Å²) in [6.45, 7) is 2.24. The first-order valence-corrected chi connectivity index (χ1v) is 8.36. The highest BCUT2D eigenvalue weighted by molar-refractivity contribution is 5.94. The van der Waals surface area contributed by atoms with Gasteiger partial charge in [-0.3, -0.25) is 4.79 Å². The van der Waals surface area contributed by atoms with E-state index < -0.39 is 6.10 Å². The number of aliphatic hydroxyl groups is 1. The molecule has 0 saturated heterocycles. The van der Waals surface area contributed by atoms with Crippen LogP contribution in [0.25, 0.3) is 0 Å². The largest absolute Gasteiger partial charge is 0.493 e. The number of nitrogens with one attached hydrogen (secondary N) is 1. The number of benzene rings is 2. The van der Waals surface area contributed by atoms with E-state index in [0.717, 1.165) is 12.8 Å². The zero-order valence-electron chi connectivity index (χ0n) is 14.9. The number of rotatable bonds is 8. The van der Waals surface area contributed by atoms with Crippen molar-refractivity contribution in [3.63, 3.8) is 0 Å². The third-order valence-electron chi connectivity index (χ3n) is 4.00. The average Bonchev–Trinajstić information content (AvgIpc) is 2.66. The highest BCUT2D eigenvalue weighted by Crippen LogP contribution is 2.29. The van der Waals surface area contributed by atoms with Crippen LogP contribution >= 0.6 is 0 Å². The van der Waals surface area contributed by atoms with Gasteiger partial charge in [0, 0.05) is 12.1 Å². The molecule has 0 radical (unpaired) electrons. The number of carbonyl (C=O) groups is 1. The maximum atomic E-state index is 12.2. The fraction of sp³-hybridized carbons (Fsp3) is 0.350. The molecule has 0 bridgehead atoms. The maximum Gasteiger partial charge on any atom is 0.251 e. The Morgan fingerprint density at radius 3 is 2.36 bits per heavy atom. The molecule has 0 spiro atoms. The summed E-state index contributed by atoms with van der Waals surface area (Å²) in [4.78, 5) is 12.2. The summed E-state index contributed by atoms with van der Waals surface area (Å²) in [6, 6.07) is 12.7. The summed E-state index contributed by atoms with van der Waals surface area (Å²) in [6.07, 6.45) is 1.24. The van der Waals surface area contributed by atoms with Crippen molar-refractivity contribution < 1.29 is 19.4 Å². The normalized spacial score (nSPS) is 11.7. The van der Waals surface area contributed by atoms with Crippen molar-refractivity contribution in [1.82, 2.24) is 5.32 Å². The molecule has 2 N–H and O–H groups in total. The van der Waals surface area contributed by atoms with Gasteiger partial charge in [0.1, 0.15) is 0 Å². The van der Waals surface area contributed by atoms with Gasteiger partial charge in [-0.2, -0.15) is 0 Å². The second kappa shape index (κ2) is 9.08. The van der Waals surface area contributed by atoms with Gasteiger partial charge in [0.15, 0.2) is 11.5 Å². The molecule has 134 valence electrons. The van der Waals surface area contributed by atoms with Crippen LogP contribution in [-0.4, -0.2) is 31.8 Å². The molecular weight excluding hydrogens is 318 g/mol. The predicted molar refractivity (Wildman–Crippen MR) is 97.3 cm³/mol. The van der Waals surface area contributed by atoms with Crippen molar-refractivity contribution in [2.45, 2.75) is 25.9 Å². The fourth-order valence-corrected chi connectivity index (χ4v) is 2.58. The molecule has 2 rings (SSSR count). The van der Waals surface area contributed by atoms with Gasteiger partial charge >= 0.3 is 0 Å². The zero-order chi connectivity index (χ0) is 18.2. The number of ether oxygens (including phenoxy) is 2. The number of amides is 1. The van der Waals surface area contributed by atoms with Crippen molar-refractivity contribution in [2.24, 2.45) is 0 Å². The third kappa shape index (κ3) is 4.97. The molecule has 1 amide bonds. The van der Waals surface area contributed by atoms with Crippen molar-refractivity contribution in [1.29, 1.82) is 0 Å².